The molecular weight excluding hydrogens is 196 g/mol. The van der Waals surface area contributed by atoms with Crippen LogP contribution in [-0.2, 0) is 0 Å². The third-order valence-electron chi connectivity index (χ3n) is 2.82. The number of methoxy groups -OCH3 is 1. The minimum Gasteiger partial charge on any atom is -0.497 e. The van der Waals surface area contributed by atoms with E-state index in [1.807, 2.05) is 24.3 Å². The Bertz CT molecular complexity index is 384. The second-order valence-electron chi connectivity index (χ2n) is 5.09. The molecule has 0 radical (unpaired) electrons. The zero-order valence-corrected chi connectivity index (χ0v) is 10.8. The molecule has 1 aromatic rings. The first-order chi connectivity index (χ1) is 7.43. The Morgan fingerprint density at radius 1 is 1.12 bits per heavy atom. The molecule has 0 aliphatic heterocycles. The Morgan fingerprint density at radius 3 is 2.12 bits per heavy atom. The fourth-order valence-corrected chi connectivity index (χ4v) is 1.08. The fourth-order valence-electron chi connectivity index (χ4n) is 1.08. The molecule has 0 heterocycles. The Kier molecular flexibility index (Phi) is 4.01. The lowest BCUT2D eigenvalue weighted by molar-refractivity contribution is 0.324. The standard InChI is InChI=1S/C15H20O/c1-12(15(2,3)4)6-7-13-8-10-14(16-5)11-9-13/h8-12H,1-5H3. The molecule has 0 bridgehead atoms. The van der Waals surface area contributed by atoms with Crippen LogP contribution < -0.4 is 4.74 Å². The molecule has 16 heavy (non-hydrogen) atoms. The Hall–Kier alpha value is -1.42. The van der Waals surface area contributed by atoms with Gasteiger partial charge in [-0.25, -0.2) is 0 Å². The van der Waals surface area contributed by atoms with Crippen LogP contribution >= 0.6 is 0 Å². The van der Waals surface area contributed by atoms with E-state index in [0.29, 0.717) is 5.92 Å². The molecule has 86 valence electrons. The molecule has 1 unspecified atom stereocenters. The summed E-state index contributed by atoms with van der Waals surface area (Å²) in [5.74, 6) is 7.74. The molecule has 1 aromatic carbocycles. The molecule has 1 atom stereocenters. The van der Waals surface area contributed by atoms with Crippen molar-refractivity contribution in [1.82, 2.24) is 0 Å². The van der Waals surface area contributed by atoms with Crippen molar-refractivity contribution in [2.45, 2.75) is 27.7 Å². The zero-order chi connectivity index (χ0) is 12.2. The van der Waals surface area contributed by atoms with Gasteiger partial charge in [-0.1, -0.05) is 39.5 Å². The normalized spacial score (nSPS) is 12.6. The van der Waals surface area contributed by atoms with Crippen LogP contribution in [0, 0.1) is 23.2 Å². The zero-order valence-electron chi connectivity index (χ0n) is 10.8. The molecule has 0 fully saturated rings. The minimum atomic E-state index is 0.236. The third-order valence-corrected chi connectivity index (χ3v) is 2.82. The summed E-state index contributed by atoms with van der Waals surface area (Å²) in [4.78, 5) is 0. The average molecular weight is 216 g/mol. The van der Waals surface area contributed by atoms with Crippen LogP contribution in [0.2, 0.25) is 0 Å². The lowest BCUT2D eigenvalue weighted by Crippen LogP contribution is -2.15. The largest absolute Gasteiger partial charge is 0.497 e. The topological polar surface area (TPSA) is 9.23 Å². The first-order valence-electron chi connectivity index (χ1n) is 5.59. The van der Waals surface area contributed by atoms with Crippen LogP contribution in [0.3, 0.4) is 0 Å². The third kappa shape index (κ3) is 3.62. The number of benzene rings is 1. The van der Waals surface area contributed by atoms with E-state index in [9.17, 15) is 0 Å². The van der Waals surface area contributed by atoms with Gasteiger partial charge in [0.15, 0.2) is 0 Å². The van der Waals surface area contributed by atoms with Crippen molar-refractivity contribution in [2.75, 3.05) is 7.11 Å². The number of hydrogen-bond donors (Lipinski definition) is 0. The van der Waals surface area contributed by atoms with E-state index < -0.39 is 0 Å². The van der Waals surface area contributed by atoms with Crippen molar-refractivity contribution >= 4 is 0 Å². The van der Waals surface area contributed by atoms with Crippen LogP contribution in [0.15, 0.2) is 24.3 Å². The quantitative estimate of drug-likeness (QED) is 0.650. The first kappa shape index (κ1) is 12.6. The summed E-state index contributed by atoms with van der Waals surface area (Å²) < 4.78 is 5.10. The summed E-state index contributed by atoms with van der Waals surface area (Å²) in [5.41, 5.74) is 1.27. The highest BCUT2D eigenvalue weighted by Crippen LogP contribution is 2.24. The number of hydrogen-bond acceptors (Lipinski definition) is 1. The molecule has 0 amide bonds. The van der Waals surface area contributed by atoms with Crippen LogP contribution in [0.25, 0.3) is 0 Å². The Balaban J connectivity index is 2.77. The monoisotopic (exact) mass is 216 g/mol. The van der Waals surface area contributed by atoms with Gasteiger partial charge in [-0.15, -0.1) is 0 Å². The van der Waals surface area contributed by atoms with Gasteiger partial charge in [0.2, 0.25) is 0 Å². The summed E-state index contributed by atoms with van der Waals surface area (Å²) >= 11 is 0. The van der Waals surface area contributed by atoms with E-state index in [1.165, 1.54) is 0 Å². The van der Waals surface area contributed by atoms with E-state index in [4.69, 9.17) is 4.74 Å². The highest BCUT2D eigenvalue weighted by Gasteiger charge is 2.17. The molecule has 1 heteroatoms. The molecule has 1 nitrogen and oxygen atoms in total. The summed E-state index contributed by atoms with van der Waals surface area (Å²) in [6.45, 7) is 8.79. The van der Waals surface area contributed by atoms with Crippen LogP contribution in [-0.4, -0.2) is 7.11 Å². The second kappa shape index (κ2) is 5.07. The molecular formula is C15H20O. The predicted octanol–water partition coefficient (Wildman–Crippen LogP) is 3.73. The molecule has 0 saturated heterocycles. The highest BCUT2D eigenvalue weighted by molar-refractivity contribution is 5.38. The van der Waals surface area contributed by atoms with Gasteiger partial charge in [0, 0.05) is 11.5 Å². The Labute approximate surface area is 98.8 Å². The highest BCUT2D eigenvalue weighted by atomic mass is 16.5. The van der Waals surface area contributed by atoms with E-state index in [0.717, 1.165) is 11.3 Å². The average Bonchev–Trinajstić information content (AvgIpc) is 2.25. The maximum atomic E-state index is 5.10. The smallest absolute Gasteiger partial charge is 0.118 e. The summed E-state index contributed by atoms with van der Waals surface area (Å²) in [7, 11) is 1.67. The van der Waals surface area contributed by atoms with Gasteiger partial charge in [0.05, 0.1) is 7.11 Å². The lowest BCUT2D eigenvalue weighted by Gasteiger charge is -2.21. The van der Waals surface area contributed by atoms with Crippen molar-refractivity contribution in [3.8, 4) is 17.6 Å². The molecule has 1 rings (SSSR count). The summed E-state index contributed by atoms with van der Waals surface area (Å²) in [6, 6.07) is 7.85. The lowest BCUT2D eigenvalue weighted by atomic mass is 9.82. The molecule has 0 N–H and O–H groups in total. The Morgan fingerprint density at radius 2 is 1.69 bits per heavy atom. The van der Waals surface area contributed by atoms with Gasteiger partial charge in [-0.3, -0.25) is 0 Å². The SMILES string of the molecule is COc1ccc(C#CC(C)C(C)(C)C)cc1. The molecule has 0 aliphatic rings. The van der Waals surface area contributed by atoms with Crippen LogP contribution in [0.5, 0.6) is 5.75 Å². The summed E-state index contributed by atoms with van der Waals surface area (Å²) in [5, 5.41) is 0. The molecule has 0 aromatic heterocycles. The van der Waals surface area contributed by atoms with Crippen LogP contribution in [0.1, 0.15) is 33.3 Å². The van der Waals surface area contributed by atoms with Gasteiger partial charge in [-0.2, -0.15) is 0 Å². The van der Waals surface area contributed by atoms with Gasteiger partial charge in [-0.05, 0) is 29.7 Å². The predicted molar refractivity (Wildman–Crippen MR) is 68.5 cm³/mol. The van der Waals surface area contributed by atoms with Crippen molar-refractivity contribution in [3.05, 3.63) is 29.8 Å². The second-order valence-corrected chi connectivity index (χ2v) is 5.09. The number of rotatable bonds is 1. The van der Waals surface area contributed by atoms with E-state index >= 15 is 0 Å². The molecule has 0 aliphatic carbocycles. The minimum absolute atomic E-state index is 0.236. The molecule has 0 saturated carbocycles. The van der Waals surface area contributed by atoms with E-state index in [1.54, 1.807) is 7.11 Å². The van der Waals surface area contributed by atoms with Gasteiger partial charge in [0.25, 0.3) is 0 Å². The van der Waals surface area contributed by atoms with Gasteiger partial charge >= 0.3 is 0 Å². The van der Waals surface area contributed by atoms with Gasteiger partial charge in [0.1, 0.15) is 5.75 Å². The first-order valence-corrected chi connectivity index (χ1v) is 5.59. The maximum absolute atomic E-state index is 5.10. The van der Waals surface area contributed by atoms with Crippen LogP contribution in [0.4, 0.5) is 0 Å². The van der Waals surface area contributed by atoms with Crippen molar-refractivity contribution in [2.24, 2.45) is 11.3 Å². The van der Waals surface area contributed by atoms with Crippen molar-refractivity contribution < 1.29 is 4.74 Å². The van der Waals surface area contributed by atoms with E-state index in [-0.39, 0.29) is 5.41 Å². The summed E-state index contributed by atoms with van der Waals surface area (Å²) in [6.07, 6.45) is 0. The van der Waals surface area contributed by atoms with E-state index in [2.05, 4.69) is 39.5 Å². The molecule has 0 spiro atoms. The van der Waals surface area contributed by atoms with Crippen molar-refractivity contribution in [1.29, 1.82) is 0 Å². The fraction of sp³-hybridized carbons (Fsp3) is 0.467. The van der Waals surface area contributed by atoms with Crippen molar-refractivity contribution in [3.63, 3.8) is 0 Å². The maximum Gasteiger partial charge on any atom is 0.118 e. The van der Waals surface area contributed by atoms with Gasteiger partial charge < -0.3 is 4.74 Å². The number of ether oxygens (including phenoxy) is 1.